The Labute approximate surface area is 297 Å². The summed E-state index contributed by atoms with van der Waals surface area (Å²) >= 11 is 10.5. The zero-order valence-corrected chi connectivity index (χ0v) is 32.9. The summed E-state index contributed by atoms with van der Waals surface area (Å²) in [5, 5.41) is 5.91. The fraction of sp³-hybridized carbons (Fsp3) is 0.737. The standard InChI is InChI=1S/C29H44BrClN2O2.C5H14N2.C4H10/c1-6-12-23(30)15-9-10-16-26(27(34)33-19-11-14-22(33)5)32-28(35)29(17-18-29)24(13-7-2)25(31)20-21(4)8-3;1-6-4-5-7(2)3;1-3-4-2/h7,9,13,15,22-23,25-26H,2,4,6,8,10-12,14,16-20H2,1,3,5H3,(H,32,35);6H,4-5H2,1-3H3;3-4H2,1-2H3/b15-9-,24-13+;;/t22-,23?,25?,26+;;/m1../s1. The van der Waals surface area contributed by atoms with Crippen LogP contribution in [0, 0.1) is 5.41 Å². The molecule has 2 fully saturated rings. The number of likely N-dealkylation sites (tertiary alicyclic amines) is 1. The van der Waals surface area contributed by atoms with Crippen LogP contribution in [0.3, 0.4) is 0 Å². The van der Waals surface area contributed by atoms with E-state index in [1.807, 2.05) is 18.0 Å². The van der Waals surface area contributed by atoms with E-state index in [4.69, 9.17) is 11.6 Å². The maximum Gasteiger partial charge on any atom is 0.245 e. The van der Waals surface area contributed by atoms with Crippen molar-refractivity contribution in [3.8, 4) is 0 Å². The van der Waals surface area contributed by atoms with Crippen molar-refractivity contribution in [3.63, 3.8) is 0 Å². The maximum absolute atomic E-state index is 13.7. The van der Waals surface area contributed by atoms with Gasteiger partial charge < -0.3 is 20.4 Å². The minimum atomic E-state index is -0.651. The maximum atomic E-state index is 13.7. The van der Waals surface area contributed by atoms with Crippen molar-refractivity contribution in [1.29, 1.82) is 0 Å². The summed E-state index contributed by atoms with van der Waals surface area (Å²) in [6.07, 6.45) is 19.0. The van der Waals surface area contributed by atoms with Gasteiger partial charge in [-0.05, 0) is 91.4 Å². The second-order valence-electron chi connectivity index (χ2n) is 13.0. The Hall–Kier alpha value is -1.41. The van der Waals surface area contributed by atoms with Gasteiger partial charge in [0.25, 0.3) is 0 Å². The quantitative estimate of drug-likeness (QED) is 0.0794. The van der Waals surface area contributed by atoms with Crippen molar-refractivity contribution in [2.45, 2.75) is 134 Å². The van der Waals surface area contributed by atoms with Crippen LogP contribution in [0.4, 0.5) is 0 Å². The molecule has 2 N–H and O–H groups in total. The number of halogens is 2. The minimum absolute atomic E-state index is 0.0348. The lowest BCUT2D eigenvalue weighted by atomic mass is 9.88. The summed E-state index contributed by atoms with van der Waals surface area (Å²) in [6.45, 7) is 21.6. The average molecular weight is 728 g/mol. The van der Waals surface area contributed by atoms with Crippen molar-refractivity contribution in [3.05, 3.63) is 48.6 Å². The molecule has 0 bridgehead atoms. The molecule has 1 saturated carbocycles. The van der Waals surface area contributed by atoms with Crippen molar-refractivity contribution in [2.24, 2.45) is 5.41 Å². The molecular weight excluding hydrogens is 660 g/mol. The topological polar surface area (TPSA) is 64.7 Å². The van der Waals surface area contributed by atoms with Gasteiger partial charge in [-0.1, -0.05) is 106 Å². The molecule has 2 rings (SSSR count). The van der Waals surface area contributed by atoms with Gasteiger partial charge in [0.15, 0.2) is 0 Å². The molecule has 0 aromatic carbocycles. The van der Waals surface area contributed by atoms with Crippen LogP contribution in [0.5, 0.6) is 0 Å². The number of unbranched alkanes of at least 4 members (excludes halogenated alkanes) is 1. The van der Waals surface area contributed by atoms with E-state index in [-0.39, 0.29) is 23.2 Å². The SMILES string of the molecule is C=C/C=C(\C(Cl)CC(=C)CC)C1(C(=O)N[C@@H](CC/C=C\C(Br)CCC)C(=O)N2CCC[C@H]2C)CC1.CCCC.CNCCN(C)C. The molecule has 8 heteroatoms. The third-order valence-electron chi connectivity index (χ3n) is 8.62. The van der Waals surface area contributed by atoms with E-state index in [1.54, 1.807) is 6.08 Å². The highest BCUT2D eigenvalue weighted by Gasteiger charge is 2.54. The van der Waals surface area contributed by atoms with E-state index in [0.29, 0.717) is 17.7 Å². The van der Waals surface area contributed by atoms with Gasteiger partial charge in [-0.25, -0.2) is 0 Å². The zero-order chi connectivity index (χ0) is 35.1. The predicted molar refractivity (Wildman–Crippen MR) is 205 cm³/mol. The molecule has 1 aliphatic carbocycles. The first kappa shape index (κ1) is 44.6. The number of nitrogens with one attached hydrogen (secondary N) is 2. The Balaban J connectivity index is 0.00000157. The van der Waals surface area contributed by atoms with Crippen molar-refractivity contribution < 1.29 is 9.59 Å². The number of alkyl halides is 2. The van der Waals surface area contributed by atoms with Crippen LogP contribution in [-0.2, 0) is 9.59 Å². The summed E-state index contributed by atoms with van der Waals surface area (Å²) in [6, 6.07) is -0.318. The molecule has 46 heavy (non-hydrogen) atoms. The van der Waals surface area contributed by atoms with E-state index in [0.717, 1.165) is 82.1 Å². The van der Waals surface area contributed by atoms with E-state index in [9.17, 15) is 9.59 Å². The molecule has 0 aromatic rings. The number of carbonyl (C=O) groups is 2. The minimum Gasteiger partial charge on any atom is -0.344 e. The van der Waals surface area contributed by atoms with Gasteiger partial charge in [-0.2, -0.15) is 0 Å². The third-order valence-corrected chi connectivity index (χ3v) is 9.77. The lowest BCUT2D eigenvalue weighted by Gasteiger charge is -2.30. The Kier molecular flexibility index (Phi) is 24.8. The zero-order valence-electron chi connectivity index (χ0n) is 30.6. The van der Waals surface area contributed by atoms with Gasteiger partial charge >= 0.3 is 0 Å². The molecule has 0 spiro atoms. The normalized spacial score (nSPS) is 19.0. The molecule has 2 unspecified atom stereocenters. The number of nitrogens with zero attached hydrogens (tertiary/aromatic N) is 2. The average Bonchev–Trinajstić information content (AvgIpc) is 3.73. The van der Waals surface area contributed by atoms with E-state index in [2.05, 4.69) is 105 Å². The first-order valence-electron chi connectivity index (χ1n) is 17.7. The Morgan fingerprint density at radius 3 is 2.22 bits per heavy atom. The fourth-order valence-corrected chi connectivity index (χ4v) is 6.37. The van der Waals surface area contributed by atoms with Gasteiger partial charge in [-0.15, -0.1) is 11.6 Å². The highest BCUT2D eigenvalue weighted by Crippen LogP contribution is 2.55. The van der Waals surface area contributed by atoms with Gasteiger partial charge in [0.1, 0.15) is 6.04 Å². The van der Waals surface area contributed by atoms with Crippen LogP contribution < -0.4 is 10.6 Å². The molecule has 4 atom stereocenters. The van der Waals surface area contributed by atoms with Crippen LogP contribution in [0.25, 0.3) is 0 Å². The number of likely N-dealkylation sites (N-methyl/N-ethyl adjacent to an activating group) is 2. The third kappa shape index (κ3) is 17.1. The van der Waals surface area contributed by atoms with E-state index in [1.165, 1.54) is 12.8 Å². The van der Waals surface area contributed by atoms with E-state index >= 15 is 0 Å². The molecule has 6 nitrogen and oxygen atoms in total. The highest BCUT2D eigenvalue weighted by molar-refractivity contribution is 9.09. The van der Waals surface area contributed by atoms with Gasteiger partial charge in [0.05, 0.1) is 10.8 Å². The molecule has 1 aliphatic heterocycles. The first-order chi connectivity index (χ1) is 21.9. The largest absolute Gasteiger partial charge is 0.344 e. The smallest absolute Gasteiger partial charge is 0.245 e. The van der Waals surface area contributed by atoms with Gasteiger partial charge in [0.2, 0.25) is 11.8 Å². The second kappa shape index (κ2) is 25.6. The highest BCUT2D eigenvalue weighted by atomic mass is 79.9. The summed E-state index contributed by atoms with van der Waals surface area (Å²) in [4.78, 5) is 31.6. The molecular formula is C38H68BrClN4O2. The summed E-state index contributed by atoms with van der Waals surface area (Å²) in [5.74, 6) is -0.0515. The summed E-state index contributed by atoms with van der Waals surface area (Å²) in [7, 11) is 6.10. The van der Waals surface area contributed by atoms with Crippen LogP contribution in [-0.4, -0.2) is 84.7 Å². The lowest BCUT2D eigenvalue weighted by Crippen LogP contribution is -2.51. The number of allylic oxidation sites excluding steroid dienone is 5. The molecule has 0 aromatic heterocycles. The molecule has 0 radical (unpaired) electrons. The summed E-state index contributed by atoms with van der Waals surface area (Å²) < 4.78 is 0. The van der Waals surface area contributed by atoms with Crippen molar-refractivity contribution >= 4 is 39.3 Å². The van der Waals surface area contributed by atoms with Gasteiger partial charge in [0, 0.05) is 30.5 Å². The summed E-state index contributed by atoms with van der Waals surface area (Å²) in [5.41, 5.74) is 1.30. The van der Waals surface area contributed by atoms with Crippen LogP contribution in [0.15, 0.2) is 48.6 Å². The van der Waals surface area contributed by atoms with Crippen LogP contribution in [0.1, 0.15) is 112 Å². The Bertz CT molecular complexity index is 945. The van der Waals surface area contributed by atoms with Crippen molar-refractivity contribution in [1.82, 2.24) is 20.4 Å². The molecule has 266 valence electrons. The first-order valence-corrected chi connectivity index (χ1v) is 19.1. The van der Waals surface area contributed by atoms with Gasteiger partial charge in [-0.3, -0.25) is 9.59 Å². The Morgan fingerprint density at radius 2 is 1.78 bits per heavy atom. The number of hydrogen-bond donors (Lipinski definition) is 2. The number of carbonyl (C=O) groups excluding carboxylic acids is 2. The predicted octanol–water partition coefficient (Wildman–Crippen LogP) is 8.81. The number of amides is 2. The van der Waals surface area contributed by atoms with Crippen molar-refractivity contribution in [2.75, 3.05) is 40.8 Å². The molecule has 2 amide bonds. The number of rotatable bonds is 19. The lowest BCUT2D eigenvalue weighted by molar-refractivity contribution is -0.138. The molecule has 1 saturated heterocycles. The molecule has 2 aliphatic rings. The monoisotopic (exact) mass is 726 g/mol. The number of hydrogen-bond acceptors (Lipinski definition) is 4. The molecule has 1 heterocycles. The van der Waals surface area contributed by atoms with Crippen LogP contribution >= 0.6 is 27.5 Å². The fourth-order valence-electron chi connectivity index (χ4n) is 5.20. The van der Waals surface area contributed by atoms with Crippen LogP contribution in [0.2, 0.25) is 0 Å². The van der Waals surface area contributed by atoms with E-state index < -0.39 is 11.5 Å². The Morgan fingerprint density at radius 1 is 1.13 bits per heavy atom. The second-order valence-corrected chi connectivity index (χ2v) is 14.7.